The SMILES string of the molecule is CCOC(=O)c1c(NC(=O)c2ccc(C)o2)sc(C)c1CC. The van der Waals surface area contributed by atoms with Crippen LogP contribution in [0.3, 0.4) is 0 Å². The molecule has 1 amide bonds. The minimum Gasteiger partial charge on any atom is -0.462 e. The number of hydrogen-bond acceptors (Lipinski definition) is 5. The third kappa shape index (κ3) is 3.22. The molecule has 0 spiro atoms. The van der Waals surface area contributed by atoms with Crippen LogP contribution in [0.5, 0.6) is 0 Å². The third-order valence-corrected chi connectivity index (χ3v) is 4.30. The van der Waals surface area contributed by atoms with Crippen molar-refractivity contribution in [2.75, 3.05) is 11.9 Å². The van der Waals surface area contributed by atoms with Crippen LogP contribution in [0.1, 0.15) is 51.0 Å². The normalized spacial score (nSPS) is 10.5. The lowest BCUT2D eigenvalue weighted by atomic mass is 10.1. The van der Waals surface area contributed by atoms with Crippen molar-refractivity contribution >= 4 is 28.2 Å². The van der Waals surface area contributed by atoms with E-state index in [1.54, 1.807) is 26.0 Å². The van der Waals surface area contributed by atoms with Crippen molar-refractivity contribution in [1.29, 1.82) is 0 Å². The first-order valence-electron chi connectivity index (χ1n) is 7.15. The van der Waals surface area contributed by atoms with Crippen LogP contribution in [0.4, 0.5) is 5.00 Å². The summed E-state index contributed by atoms with van der Waals surface area (Å²) >= 11 is 1.38. The molecule has 0 radical (unpaired) electrons. The van der Waals surface area contributed by atoms with Crippen LogP contribution >= 0.6 is 11.3 Å². The zero-order valence-corrected chi connectivity index (χ0v) is 13.9. The molecule has 0 aliphatic rings. The number of rotatable bonds is 5. The Balaban J connectivity index is 2.34. The summed E-state index contributed by atoms with van der Waals surface area (Å²) in [5.41, 5.74) is 1.36. The van der Waals surface area contributed by atoms with E-state index >= 15 is 0 Å². The fraction of sp³-hybridized carbons (Fsp3) is 0.375. The second kappa shape index (κ2) is 6.79. The van der Waals surface area contributed by atoms with E-state index in [0.717, 1.165) is 10.4 Å². The van der Waals surface area contributed by atoms with Gasteiger partial charge in [-0.3, -0.25) is 4.79 Å². The summed E-state index contributed by atoms with van der Waals surface area (Å²) in [6.45, 7) is 7.72. The predicted octanol–water partition coefficient (Wildman–Crippen LogP) is 3.95. The van der Waals surface area contributed by atoms with Gasteiger partial charge in [-0.15, -0.1) is 11.3 Å². The summed E-state index contributed by atoms with van der Waals surface area (Å²) in [5.74, 6) is 0.0981. The molecule has 0 atom stereocenters. The summed E-state index contributed by atoms with van der Waals surface area (Å²) in [4.78, 5) is 25.4. The first-order chi connectivity index (χ1) is 10.5. The highest BCUT2D eigenvalue weighted by molar-refractivity contribution is 7.16. The van der Waals surface area contributed by atoms with E-state index in [9.17, 15) is 9.59 Å². The topological polar surface area (TPSA) is 68.5 Å². The van der Waals surface area contributed by atoms with Crippen LogP contribution in [0.2, 0.25) is 0 Å². The van der Waals surface area contributed by atoms with Gasteiger partial charge in [0.2, 0.25) is 0 Å². The number of carbonyl (C=O) groups excluding carboxylic acids is 2. The number of hydrogen-bond donors (Lipinski definition) is 1. The number of anilines is 1. The van der Waals surface area contributed by atoms with Crippen molar-refractivity contribution in [1.82, 2.24) is 0 Å². The molecular formula is C16H19NO4S. The van der Waals surface area contributed by atoms with Gasteiger partial charge in [0.1, 0.15) is 10.8 Å². The van der Waals surface area contributed by atoms with E-state index < -0.39 is 5.97 Å². The Labute approximate surface area is 133 Å². The molecular weight excluding hydrogens is 302 g/mol. The summed E-state index contributed by atoms with van der Waals surface area (Å²) in [7, 11) is 0. The molecule has 22 heavy (non-hydrogen) atoms. The zero-order chi connectivity index (χ0) is 16.3. The van der Waals surface area contributed by atoms with Crippen LogP contribution in [-0.2, 0) is 11.2 Å². The smallest absolute Gasteiger partial charge is 0.341 e. The van der Waals surface area contributed by atoms with Gasteiger partial charge in [-0.1, -0.05) is 6.92 Å². The number of thiophene rings is 1. The highest BCUT2D eigenvalue weighted by Crippen LogP contribution is 2.34. The van der Waals surface area contributed by atoms with Crippen LogP contribution in [0.25, 0.3) is 0 Å². The Morgan fingerprint density at radius 3 is 2.55 bits per heavy atom. The average molecular weight is 321 g/mol. The molecule has 2 aromatic heterocycles. The van der Waals surface area contributed by atoms with Crippen LogP contribution in [0, 0.1) is 13.8 Å². The van der Waals surface area contributed by atoms with Gasteiger partial charge in [0.05, 0.1) is 12.2 Å². The van der Waals surface area contributed by atoms with Crippen LogP contribution < -0.4 is 5.32 Å². The first-order valence-corrected chi connectivity index (χ1v) is 7.96. The molecule has 0 saturated heterocycles. The molecule has 2 heterocycles. The Bertz CT molecular complexity index is 699. The second-order valence-corrected chi connectivity index (χ2v) is 6.00. The van der Waals surface area contributed by atoms with Gasteiger partial charge in [0, 0.05) is 4.88 Å². The van der Waals surface area contributed by atoms with Crippen molar-refractivity contribution in [3.63, 3.8) is 0 Å². The summed E-state index contributed by atoms with van der Waals surface area (Å²) < 4.78 is 10.4. The van der Waals surface area contributed by atoms with Crippen molar-refractivity contribution in [2.24, 2.45) is 0 Å². The molecule has 5 nitrogen and oxygen atoms in total. The number of furan rings is 1. The Morgan fingerprint density at radius 2 is 2.00 bits per heavy atom. The Kier molecular flexibility index (Phi) is 5.03. The van der Waals surface area contributed by atoms with E-state index in [4.69, 9.17) is 9.15 Å². The van der Waals surface area contributed by atoms with Crippen molar-refractivity contribution in [3.8, 4) is 0 Å². The quantitative estimate of drug-likeness (QED) is 0.847. The molecule has 2 aromatic rings. The fourth-order valence-electron chi connectivity index (χ4n) is 2.23. The van der Waals surface area contributed by atoms with Crippen LogP contribution in [0.15, 0.2) is 16.5 Å². The second-order valence-electron chi connectivity index (χ2n) is 4.78. The van der Waals surface area contributed by atoms with Gasteiger partial charge >= 0.3 is 5.97 Å². The molecule has 0 aliphatic carbocycles. The molecule has 0 unspecified atom stereocenters. The summed E-state index contributed by atoms with van der Waals surface area (Å²) in [6, 6.07) is 3.33. The lowest BCUT2D eigenvalue weighted by Crippen LogP contribution is -2.14. The lowest BCUT2D eigenvalue weighted by Gasteiger charge is -2.07. The maximum absolute atomic E-state index is 12.2. The number of carbonyl (C=O) groups is 2. The summed E-state index contributed by atoms with van der Waals surface area (Å²) in [5, 5.41) is 3.27. The molecule has 0 fully saturated rings. The van der Waals surface area contributed by atoms with Gasteiger partial charge in [0.15, 0.2) is 5.76 Å². The molecule has 118 valence electrons. The number of nitrogens with one attached hydrogen (secondary N) is 1. The largest absolute Gasteiger partial charge is 0.462 e. The molecule has 0 aliphatic heterocycles. The first kappa shape index (κ1) is 16.3. The molecule has 0 bridgehead atoms. The molecule has 2 rings (SSSR count). The third-order valence-electron chi connectivity index (χ3n) is 3.23. The molecule has 1 N–H and O–H groups in total. The Morgan fingerprint density at radius 1 is 1.27 bits per heavy atom. The van der Waals surface area contributed by atoms with Crippen molar-refractivity contribution in [3.05, 3.63) is 39.7 Å². The van der Waals surface area contributed by atoms with Gasteiger partial charge in [-0.05, 0) is 44.9 Å². The highest BCUT2D eigenvalue weighted by atomic mass is 32.1. The fourth-order valence-corrected chi connectivity index (χ4v) is 3.36. The van der Waals surface area contributed by atoms with Gasteiger partial charge in [-0.25, -0.2) is 4.79 Å². The van der Waals surface area contributed by atoms with Gasteiger partial charge in [0.25, 0.3) is 5.91 Å². The lowest BCUT2D eigenvalue weighted by molar-refractivity contribution is 0.0527. The molecule has 6 heteroatoms. The minimum atomic E-state index is -0.408. The Hall–Kier alpha value is -2.08. The highest BCUT2D eigenvalue weighted by Gasteiger charge is 2.24. The number of esters is 1. The average Bonchev–Trinajstić information content (AvgIpc) is 3.02. The van der Waals surface area contributed by atoms with Gasteiger partial charge < -0.3 is 14.5 Å². The van der Waals surface area contributed by atoms with Crippen LogP contribution in [-0.4, -0.2) is 18.5 Å². The number of aryl methyl sites for hydroxylation is 2. The van der Waals surface area contributed by atoms with E-state index in [2.05, 4.69) is 5.32 Å². The van der Waals surface area contributed by atoms with Gasteiger partial charge in [-0.2, -0.15) is 0 Å². The predicted molar refractivity (Wildman–Crippen MR) is 85.8 cm³/mol. The van der Waals surface area contributed by atoms with Crippen molar-refractivity contribution in [2.45, 2.75) is 34.1 Å². The number of ether oxygens (including phenoxy) is 1. The van der Waals surface area contributed by atoms with E-state index in [0.29, 0.717) is 29.4 Å². The standard InChI is InChI=1S/C16H19NO4S/c1-5-11-10(4)22-15(13(11)16(19)20-6-2)17-14(18)12-8-7-9(3)21-12/h7-8H,5-6H2,1-4H3,(H,17,18). The van der Waals surface area contributed by atoms with E-state index in [1.165, 1.54) is 11.3 Å². The van der Waals surface area contributed by atoms with E-state index in [-0.39, 0.29) is 11.7 Å². The zero-order valence-electron chi connectivity index (χ0n) is 13.1. The van der Waals surface area contributed by atoms with Crippen molar-refractivity contribution < 1.29 is 18.7 Å². The molecule has 0 saturated carbocycles. The molecule has 0 aromatic carbocycles. The van der Waals surface area contributed by atoms with E-state index in [1.807, 2.05) is 13.8 Å². The maximum atomic E-state index is 12.2. The monoisotopic (exact) mass is 321 g/mol. The summed E-state index contributed by atoms with van der Waals surface area (Å²) in [6.07, 6.45) is 0.701. The minimum absolute atomic E-state index is 0.219. The number of amides is 1. The maximum Gasteiger partial charge on any atom is 0.341 e.